The lowest BCUT2D eigenvalue weighted by Crippen LogP contribution is -2.12. The number of carbonyl (C=O) groups is 1. The molecule has 1 aromatic carbocycles. The maximum Gasteiger partial charge on any atom is 0.338 e. The Balaban J connectivity index is 2.30. The van der Waals surface area contributed by atoms with Gasteiger partial charge in [-0.15, -0.1) is 0 Å². The first-order valence-corrected chi connectivity index (χ1v) is 5.16. The summed E-state index contributed by atoms with van der Waals surface area (Å²) in [5.74, 6) is -0.351. The van der Waals surface area contributed by atoms with Crippen LogP contribution in [-0.4, -0.2) is 37.5 Å². The molecule has 0 radical (unpaired) electrons. The summed E-state index contributed by atoms with van der Waals surface area (Å²) in [7, 11) is 0. The second-order valence-corrected chi connectivity index (χ2v) is 3.34. The molecular weight excluding hydrogens is 208 g/mol. The van der Waals surface area contributed by atoms with Crippen molar-refractivity contribution in [2.24, 2.45) is 0 Å². The first-order chi connectivity index (χ1) is 7.74. The molecule has 0 saturated carbocycles. The van der Waals surface area contributed by atoms with Crippen LogP contribution in [0, 0.1) is 6.92 Å². The Kier molecular flexibility index (Phi) is 5.53. The summed E-state index contributed by atoms with van der Waals surface area (Å²) >= 11 is 0. The minimum absolute atomic E-state index is 0.0220. The number of aryl methyl sites for hydroxylation is 1. The maximum absolute atomic E-state index is 11.5. The smallest absolute Gasteiger partial charge is 0.338 e. The van der Waals surface area contributed by atoms with E-state index in [-0.39, 0.29) is 25.8 Å². The standard InChI is InChI=1S/C12H16O4/c1-10-3-2-4-11(9-10)12(14)16-8-7-15-6-5-13/h2-4,9,13H,5-8H2,1H3. The number of benzene rings is 1. The molecule has 0 bridgehead atoms. The number of esters is 1. The lowest BCUT2D eigenvalue weighted by molar-refractivity contribution is 0.0258. The molecule has 0 aliphatic carbocycles. The average molecular weight is 224 g/mol. The molecule has 0 heterocycles. The van der Waals surface area contributed by atoms with Gasteiger partial charge in [-0.3, -0.25) is 0 Å². The van der Waals surface area contributed by atoms with Crippen LogP contribution >= 0.6 is 0 Å². The van der Waals surface area contributed by atoms with Crippen molar-refractivity contribution < 1.29 is 19.4 Å². The fourth-order valence-electron chi connectivity index (χ4n) is 1.22. The first-order valence-electron chi connectivity index (χ1n) is 5.16. The van der Waals surface area contributed by atoms with Gasteiger partial charge >= 0.3 is 5.97 Å². The Hall–Kier alpha value is -1.39. The minimum atomic E-state index is -0.351. The second-order valence-electron chi connectivity index (χ2n) is 3.34. The van der Waals surface area contributed by atoms with E-state index >= 15 is 0 Å². The van der Waals surface area contributed by atoms with Gasteiger partial charge in [-0.25, -0.2) is 4.79 Å². The summed E-state index contributed by atoms with van der Waals surface area (Å²) in [4.78, 5) is 11.5. The molecule has 0 aliphatic heterocycles. The van der Waals surface area contributed by atoms with Crippen molar-refractivity contribution >= 4 is 5.97 Å². The average Bonchev–Trinajstić information content (AvgIpc) is 2.28. The van der Waals surface area contributed by atoms with E-state index in [1.54, 1.807) is 12.1 Å². The predicted octanol–water partition coefficient (Wildman–Crippen LogP) is 1.16. The molecule has 16 heavy (non-hydrogen) atoms. The normalized spacial score (nSPS) is 10.1. The highest BCUT2D eigenvalue weighted by molar-refractivity contribution is 5.89. The zero-order valence-electron chi connectivity index (χ0n) is 9.31. The lowest BCUT2D eigenvalue weighted by atomic mass is 10.1. The van der Waals surface area contributed by atoms with Crippen LogP contribution in [0.15, 0.2) is 24.3 Å². The highest BCUT2D eigenvalue weighted by Gasteiger charge is 2.06. The highest BCUT2D eigenvalue weighted by Crippen LogP contribution is 2.05. The topological polar surface area (TPSA) is 55.8 Å². The van der Waals surface area contributed by atoms with Crippen molar-refractivity contribution in [3.05, 3.63) is 35.4 Å². The molecule has 88 valence electrons. The quantitative estimate of drug-likeness (QED) is 0.582. The Morgan fingerprint density at radius 2 is 2.12 bits per heavy atom. The van der Waals surface area contributed by atoms with Gasteiger partial charge in [-0.05, 0) is 19.1 Å². The summed E-state index contributed by atoms with van der Waals surface area (Å²) in [5.41, 5.74) is 1.56. The molecule has 0 aromatic heterocycles. The number of ether oxygens (including phenoxy) is 2. The third kappa shape index (κ3) is 4.42. The zero-order valence-corrected chi connectivity index (χ0v) is 9.31. The molecule has 1 N–H and O–H groups in total. The SMILES string of the molecule is Cc1cccc(C(=O)OCCOCCO)c1. The molecule has 0 saturated heterocycles. The van der Waals surface area contributed by atoms with E-state index in [4.69, 9.17) is 14.6 Å². The zero-order chi connectivity index (χ0) is 11.8. The van der Waals surface area contributed by atoms with Crippen LogP contribution in [0.4, 0.5) is 0 Å². The summed E-state index contributed by atoms with van der Waals surface area (Å²) in [5, 5.41) is 8.45. The molecule has 1 aromatic rings. The molecule has 4 heteroatoms. The fraction of sp³-hybridized carbons (Fsp3) is 0.417. The Labute approximate surface area is 94.8 Å². The summed E-state index contributed by atoms with van der Waals surface area (Å²) < 4.78 is 9.95. The van der Waals surface area contributed by atoms with Gasteiger partial charge in [0.25, 0.3) is 0 Å². The van der Waals surface area contributed by atoms with Crippen molar-refractivity contribution in [3.8, 4) is 0 Å². The van der Waals surface area contributed by atoms with Crippen molar-refractivity contribution in [3.63, 3.8) is 0 Å². The van der Waals surface area contributed by atoms with Crippen LogP contribution in [-0.2, 0) is 9.47 Å². The van der Waals surface area contributed by atoms with Crippen LogP contribution in [0.3, 0.4) is 0 Å². The van der Waals surface area contributed by atoms with Gasteiger partial charge in [0.05, 0.1) is 25.4 Å². The van der Waals surface area contributed by atoms with Crippen LogP contribution in [0.25, 0.3) is 0 Å². The second kappa shape index (κ2) is 6.98. The van der Waals surface area contributed by atoms with Crippen LogP contribution < -0.4 is 0 Å². The molecule has 0 amide bonds. The molecule has 0 unspecified atom stereocenters. The van der Waals surface area contributed by atoms with Gasteiger partial charge in [-0.2, -0.15) is 0 Å². The lowest BCUT2D eigenvalue weighted by Gasteiger charge is -2.05. The number of hydrogen-bond acceptors (Lipinski definition) is 4. The molecule has 0 atom stereocenters. The number of carbonyl (C=O) groups excluding carboxylic acids is 1. The van der Waals surface area contributed by atoms with Gasteiger partial charge in [0.1, 0.15) is 6.61 Å². The molecule has 0 fully saturated rings. The summed E-state index contributed by atoms with van der Waals surface area (Å²) in [6.07, 6.45) is 0. The Bertz CT molecular complexity index is 336. The van der Waals surface area contributed by atoms with Gasteiger partial charge < -0.3 is 14.6 Å². The molecule has 0 spiro atoms. The number of rotatable bonds is 6. The number of aliphatic hydroxyl groups is 1. The van der Waals surface area contributed by atoms with E-state index < -0.39 is 0 Å². The van der Waals surface area contributed by atoms with E-state index in [9.17, 15) is 4.79 Å². The van der Waals surface area contributed by atoms with Crippen LogP contribution in [0.5, 0.6) is 0 Å². The van der Waals surface area contributed by atoms with Crippen molar-refractivity contribution in [1.29, 1.82) is 0 Å². The van der Waals surface area contributed by atoms with Gasteiger partial charge in [-0.1, -0.05) is 17.7 Å². The maximum atomic E-state index is 11.5. The summed E-state index contributed by atoms with van der Waals surface area (Å²) in [6, 6.07) is 7.22. The molecular formula is C12H16O4. The van der Waals surface area contributed by atoms with Crippen molar-refractivity contribution in [2.75, 3.05) is 26.4 Å². The highest BCUT2D eigenvalue weighted by atomic mass is 16.6. The van der Waals surface area contributed by atoms with Crippen molar-refractivity contribution in [2.45, 2.75) is 6.92 Å². The molecule has 0 aliphatic rings. The van der Waals surface area contributed by atoms with Crippen LogP contribution in [0.1, 0.15) is 15.9 Å². The monoisotopic (exact) mass is 224 g/mol. The van der Waals surface area contributed by atoms with E-state index in [2.05, 4.69) is 0 Å². The number of hydrogen-bond donors (Lipinski definition) is 1. The Morgan fingerprint density at radius 1 is 1.31 bits per heavy atom. The number of aliphatic hydroxyl groups excluding tert-OH is 1. The van der Waals surface area contributed by atoms with E-state index in [1.165, 1.54) is 0 Å². The molecule has 4 nitrogen and oxygen atoms in total. The van der Waals surface area contributed by atoms with Gasteiger partial charge in [0.15, 0.2) is 0 Å². The first kappa shape index (κ1) is 12.7. The Morgan fingerprint density at radius 3 is 2.81 bits per heavy atom. The molecule has 1 rings (SSSR count). The van der Waals surface area contributed by atoms with E-state index in [0.717, 1.165) is 5.56 Å². The van der Waals surface area contributed by atoms with Crippen LogP contribution in [0.2, 0.25) is 0 Å². The van der Waals surface area contributed by atoms with Gasteiger partial charge in [0, 0.05) is 0 Å². The van der Waals surface area contributed by atoms with E-state index in [0.29, 0.717) is 12.2 Å². The van der Waals surface area contributed by atoms with Gasteiger partial charge in [0.2, 0.25) is 0 Å². The predicted molar refractivity (Wildman–Crippen MR) is 59.4 cm³/mol. The minimum Gasteiger partial charge on any atom is -0.460 e. The third-order valence-corrected chi connectivity index (χ3v) is 1.95. The van der Waals surface area contributed by atoms with E-state index in [1.807, 2.05) is 19.1 Å². The largest absolute Gasteiger partial charge is 0.460 e. The third-order valence-electron chi connectivity index (χ3n) is 1.95. The van der Waals surface area contributed by atoms with Crippen molar-refractivity contribution in [1.82, 2.24) is 0 Å². The fourth-order valence-corrected chi connectivity index (χ4v) is 1.22. The summed E-state index contributed by atoms with van der Waals surface area (Å²) in [6.45, 7) is 2.67.